The minimum Gasteiger partial charge on any atom is -0.488 e. The molecule has 0 aliphatic carbocycles. The Morgan fingerprint density at radius 2 is 1.62 bits per heavy atom. The first-order valence-electron chi connectivity index (χ1n) is 19.5. The number of likely N-dealkylation sites (N-methyl/N-ethyl adjacent to an activating group) is 1. The predicted octanol–water partition coefficient (Wildman–Crippen LogP) is 4.53. The molecule has 0 aromatic heterocycles. The van der Waals surface area contributed by atoms with Gasteiger partial charge in [0.05, 0.1) is 35.7 Å². The van der Waals surface area contributed by atoms with Crippen LogP contribution in [0.2, 0.25) is 0 Å². The number of aliphatic hydroxyl groups is 2. The van der Waals surface area contributed by atoms with Gasteiger partial charge < -0.3 is 48.1 Å². The molecule has 0 amide bonds. The molecule has 0 radical (unpaired) electrons. The molecule has 0 aromatic carbocycles. The number of hydrogen-bond acceptors (Lipinski definition) is 13. The van der Waals surface area contributed by atoms with E-state index in [1.165, 1.54) is 14.2 Å². The predicted molar refractivity (Wildman–Crippen MR) is 197 cm³/mol. The molecule has 16 atom stereocenters. The van der Waals surface area contributed by atoms with Crippen LogP contribution in [0.25, 0.3) is 0 Å². The third-order valence-electron chi connectivity index (χ3n) is 12.8. The van der Waals surface area contributed by atoms with Gasteiger partial charge in [-0.05, 0) is 94.7 Å². The van der Waals surface area contributed by atoms with Crippen LogP contribution in [0.5, 0.6) is 0 Å². The second-order valence-corrected chi connectivity index (χ2v) is 17.1. The molecular weight excluding hydrogens is 686 g/mol. The highest BCUT2D eigenvalue weighted by Crippen LogP contribution is 2.47. The lowest BCUT2D eigenvalue weighted by Crippen LogP contribution is -2.61. The molecule has 13 nitrogen and oxygen atoms in total. The van der Waals surface area contributed by atoms with Crippen LogP contribution >= 0.6 is 0 Å². The summed E-state index contributed by atoms with van der Waals surface area (Å²) in [4.78, 5) is 30.8. The largest absolute Gasteiger partial charge is 0.488 e. The average molecular weight is 756 g/mol. The Kier molecular flexibility index (Phi) is 14.0. The molecule has 0 spiro atoms. The molecule has 4 heterocycles. The molecule has 4 aliphatic rings. The molecule has 13 heteroatoms. The molecule has 53 heavy (non-hydrogen) atoms. The highest BCUT2D eigenvalue weighted by molar-refractivity contribution is 5.92. The summed E-state index contributed by atoms with van der Waals surface area (Å²) in [5.74, 6) is -2.59. The summed E-state index contributed by atoms with van der Waals surface area (Å²) in [6, 6.07) is -0.0782. The quantitative estimate of drug-likeness (QED) is 0.318. The van der Waals surface area contributed by atoms with Crippen molar-refractivity contribution in [1.82, 2.24) is 4.90 Å². The maximum atomic E-state index is 14.4. The van der Waals surface area contributed by atoms with Crippen LogP contribution < -0.4 is 0 Å². The van der Waals surface area contributed by atoms with Gasteiger partial charge in [-0.3, -0.25) is 14.5 Å². The number of nitrogens with zero attached hydrogens (tertiary/aromatic N) is 1. The van der Waals surface area contributed by atoms with Gasteiger partial charge in [0.25, 0.3) is 0 Å². The molecule has 2 bridgehead atoms. The fraction of sp³-hybridized carbons (Fsp3) is 0.900. The van der Waals surface area contributed by atoms with Gasteiger partial charge in [0, 0.05) is 45.1 Å². The SMILES string of the molecule is CC[C@H]1OC(=O)[C@H](C)C(OC2C[C@@](C)(OC)C(O)[C@H](C)O2)[C@H](C)C(OC2O[C@H](C)CC(N(C)C(C)C)C2O)[C@@]2(C)CC(C)=C(O2)[C@H](C)C(=O)[C@]1(C)OC. The zero-order valence-electron chi connectivity index (χ0n) is 34.8. The first-order chi connectivity index (χ1) is 24.6. The van der Waals surface area contributed by atoms with E-state index in [4.69, 9.17) is 37.9 Å². The number of carbonyl (C=O) groups excluding carboxylic acids is 2. The summed E-state index contributed by atoms with van der Waals surface area (Å²) in [5.41, 5.74) is -2.66. The molecule has 0 saturated carbocycles. The Labute approximate surface area is 317 Å². The van der Waals surface area contributed by atoms with Crippen molar-refractivity contribution < 1.29 is 57.7 Å². The number of cyclic esters (lactones) is 1. The van der Waals surface area contributed by atoms with E-state index in [0.717, 1.165) is 5.57 Å². The van der Waals surface area contributed by atoms with Crippen LogP contribution in [0.3, 0.4) is 0 Å². The number of rotatable bonds is 9. The molecule has 3 fully saturated rings. The Morgan fingerprint density at radius 3 is 2.19 bits per heavy atom. The van der Waals surface area contributed by atoms with Crippen LogP contribution in [0.4, 0.5) is 0 Å². The van der Waals surface area contributed by atoms with Crippen molar-refractivity contribution in [2.75, 3.05) is 21.3 Å². The number of Topliss-reactive ketones (excluding diaryl/α,β-unsaturated/α-hetero) is 1. The van der Waals surface area contributed by atoms with E-state index in [-0.39, 0.29) is 30.4 Å². The van der Waals surface area contributed by atoms with Crippen LogP contribution in [0, 0.1) is 17.8 Å². The number of hydrogen-bond donors (Lipinski definition) is 2. The Balaban J connectivity index is 1.86. The minimum absolute atomic E-state index is 0.164. The van der Waals surface area contributed by atoms with Crippen molar-refractivity contribution >= 4 is 11.8 Å². The number of fused-ring (bicyclic) bond motifs is 2. The smallest absolute Gasteiger partial charge is 0.311 e. The summed E-state index contributed by atoms with van der Waals surface area (Å²) >= 11 is 0. The van der Waals surface area contributed by atoms with Crippen molar-refractivity contribution in [2.45, 2.75) is 193 Å². The maximum Gasteiger partial charge on any atom is 0.311 e. The lowest BCUT2D eigenvalue weighted by Gasteiger charge is -2.49. The summed E-state index contributed by atoms with van der Waals surface area (Å²) in [5, 5.41) is 22.8. The average Bonchev–Trinajstić information content (AvgIpc) is 3.43. The van der Waals surface area contributed by atoms with Gasteiger partial charge in [-0.25, -0.2) is 0 Å². The number of aliphatic hydroxyl groups excluding tert-OH is 2. The van der Waals surface area contributed by atoms with Gasteiger partial charge in [-0.1, -0.05) is 13.8 Å². The van der Waals surface area contributed by atoms with Crippen molar-refractivity contribution in [3.8, 4) is 0 Å². The molecule has 4 aliphatic heterocycles. The topological polar surface area (TPSA) is 152 Å². The second-order valence-electron chi connectivity index (χ2n) is 17.1. The lowest BCUT2D eigenvalue weighted by atomic mass is 9.79. The van der Waals surface area contributed by atoms with Gasteiger partial charge in [-0.15, -0.1) is 0 Å². The number of methoxy groups -OCH3 is 2. The van der Waals surface area contributed by atoms with Crippen molar-refractivity contribution in [3.05, 3.63) is 11.3 Å². The van der Waals surface area contributed by atoms with Crippen molar-refractivity contribution in [3.63, 3.8) is 0 Å². The first-order valence-corrected chi connectivity index (χ1v) is 19.5. The number of allylic oxidation sites excluding steroid dienone is 1. The summed E-state index contributed by atoms with van der Waals surface area (Å²) in [6.45, 7) is 22.5. The maximum absolute atomic E-state index is 14.4. The lowest BCUT2D eigenvalue weighted by molar-refractivity contribution is -0.317. The zero-order chi connectivity index (χ0) is 40.0. The van der Waals surface area contributed by atoms with Crippen LogP contribution in [-0.2, 0) is 47.5 Å². The summed E-state index contributed by atoms with van der Waals surface area (Å²) in [7, 11) is 4.97. The third-order valence-corrected chi connectivity index (χ3v) is 12.8. The minimum atomic E-state index is -1.48. The first kappa shape index (κ1) is 44.0. The fourth-order valence-corrected chi connectivity index (χ4v) is 9.05. The van der Waals surface area contributed by atoms with E-state index >= 15 is 0 Å². The molecule has 4 rings (SSSR count). The molecular formula is C40H69NO12. The monoisotopic (exact) mass is 755 g/mol. The van der Waals surface area contributed by atoms with E-state index in [0.29, 0.717) is 25.0 Å². The number of carbonyl (C=O) groups is 2. The third kappa shape index (κ3) is 8.54. The summed E-state index contributed by atoms with van der Waals surface area (Å²) < 4.78 is 51.1. The van der Waals surface area contributed by atoms with Crippen LogP contribution in [0.15, 0.2) is 11.3 Å². The van der Waals surface area contributed by atoms with Gasteiger partial charge in [0.15, 0.2) is 24.0 Å². The molecule has 0 aromatic rings. The van der Waals surface area contributed by atoms with Crippen LogP contribution in [-0.4, -0.2) is 132 Å². The van der Waals surface area contributed by atoms with Gasteiger partial charge >= 0.3 is 5.97 Å². The molecule has 3 saturated heterocycles. The fourth-order valence-electron chi connectivity index (χ4n) is 9.05. The van der Waals surface area contributed by atoms with Crippen molar-refractivity contribution in [1.29, 1.82) is 0 Å². The zero-order valence-corrected chi connectivity index (χ0v) is 34.8. The van der Waals surface area contributed by atoms with E-state index in [1.807, 2.05) is 41.7 Å². The number of esters is 1. The van der Waals surface area contributed by atoms with E-state index in [9.17, 15) is 19.8 Å². The Hall–Kier alpha value is -1.68. The van der Waals surface area contributed by atoms with Gasteiger partial charge in [0.2, 0.25) is 0 Å². The molecule has 2 N–H and O–H groups in total. The molecule has 7 unspecified atom stereocenters. The number of ether oxygens (including phenoxy) is 8. The van der Waals surface area contributed by atoms with Crippen LogP contribution in [0.1, 0.15) is 109 Å². The van der Waals surface area contributed by atoms with Gasteiger partial charge in [0.1, 0.15) is 35.8 Å². The van der Waals surface area contributed by atoms with E-state index in [2.05, 4.69) is 18.7 Å². The highest BCUT2D eigenvalue weighted by atomic mass is 16.7. The molecule has 306 valence electrons. The highest BCUT2D eigenvalue weighted by Gasteiger charge is 2.56. The van der Waals surface area contributed by atoms with E-state index < -0.39 is 89.7 Å². The van der Waals surface area contributed by atoms with E-state index in [1.54, 1.807) is 34.6 Å². The van der Waals surface area contributed by atoms with Gasteiger partial charge in [-0.2, -0.15) is 0 Å². The summed E-state index contributed by atoms with van der Waals surface area (Å²) in [6.07, 6.45) is -5.84. The number of ketones is 1. The van der Waals surface area contributed by atoms with Crippen molar-refractivity contribution in [2.24, 2.45) is 17.8 Å². The Bertz CT molecular complexity index is 1330. The second kappa shape index (κ2) is 16.8. The Morgan fingerprint density at radius 1 is 0.981 bits per heavy atom. The normalized spacial score (nSPS) is 46.1. The standard InChI is InChI=1S/C40H69NO12/c1-16-28-40(12,47-15)33(43)23(6)31-21(4)18-39(11,53-31)35(52-37-30(42)27(17-22(5)48-37)41(13)20(2)3)24(7)32(25(8)36(45)50-28)51-29-19-38(10,46-14)34(44)26(9)49-29/h20,22-30,32,34-35,37,42,44H,16-19H2,1-15H3/t22-,23+,24+,25-,26+,27?,28-,29?,30?,32?,34?,35?,37?,38-,39-,40-/m1/s1.